The Bertz CT molecular complexity index is 297. The zero-order valence-corrected chi connectivity index (χ0v) is 11.6. The maximum absolute atomic E-state index is 5.56. The van der Waals surface area contributed by atoms with Gasteiger partial charge in [0.15, 0.2) is 0 Å². The van der Waals surface area contributed by atoms with Crippen LogP contribution in [0.15, 0.2) is 22.7 Å². The summed E-state index contributed by atoms with van der Waals surface area (Å²) in [5, 5.41) is 0. The van der Waals surface area contributed by atoms with Crippen LogP contribution in [0.5, 0.6) is 5.75 Å². The molecular weight excluding hydrogens is 308 g/mol. The SMILES string of the molecule is CCCOc1ccc(C(C)Br)cc1Br. The molecule has 1 unspecified atom stereocenters. The normalized spacial score (nSPS) is 12.6. The smallest absolute Gasteiger partial charge is 0.133 e. The molecule has 0 aliphatic heterocycles. The van der Waals surface area contributed by atoms with Crippen LogP contribution in [0.2, 0.25) is 0 Å². The molecule has 0 saturated heterocycles. The van der Waals surface area contributed by atoms with Gasteiger partial charge in [-0.3, -0.25) is 0 Å². The van der Waals surface area contributed by atoms with E-state index in [2.05, 4.69) is 57.8 Å². The Labute approximate surface area is 102 Å². The summed E-state index contributed by atoms with van der Waals surface area (Å²) in [6.07, 6.45) is 1.03. The first-order valence-corrected chi connectivity index (χ1v) is 6.42. The number of halogens is 2. The van der Waals surface area contributed by atoms with Crippen LogP contribution in [0.4, 0.5) is 0 Å². The highest BCUT2D eigenvalue weighted by molar-refractivity contribution is 9.10. The fraction of sp³-hybridized carbons (Fsp3) is 0.455. The van der Waals surface area contributed by atoms with Crippen molar-refractivity contribution >= 4 is 31.9 Å². The predicted octanol–water partition coefficient (Wildman–Crippen LogP) is 4.69. The highest BCUT2D eigenvalue weighted by atomic mass is 79.9. The summed E-state index contributed by atoms with van der Waals surface area (Å²) < 4.78 is 6.58. The Balaban J connectivity index is 2.79. The van der Waals surface area contributed by atoms with Crippen molar-refractivity contribution in [2.75, 3.05) is 6.61 Å². The highest BCUT2D eigenvalue weighted by Crippen LogP contribution is 2.31. The van der Waals surface area contributed by atoms with Gasteiger partial charge in [-0.25, -0.2) is 0 Å². The van der Waals surface area contributed by atoms with E-state index >= 15 is 0 Å². The van der Waals surface area contributed by atoms with E-state index in [-0.39, 0.29) is 0 Å². The van der Waals surface area contributed by atoms with E-state index in [9.17, 15) is 0 Å². The van der Waals surface area contributed by atoms with Gasteiger partial charge in [0.2, 0.25) is 0 Å². The quantitative estimate of drug-likeness (QED) is 0.731. The maximum atomic E-state index is 5.56. The van der Waals surface area contributed by atoms with Gasteiger partial charge in [0.1, 0.15) is 5.75 Å². The number of ether oxygens (including phenoxy) is 1. The Morgan fingerprint density at radius 1 is 1.43 bits per heavy atom. The third-order valence-electron chi connectivity index (χ3n) is 1.88. The van der Waals surface area contributed by atoms with Crippen LogP contribution in [0.25, 0.3) is 0 Å². The van der Waals surface area contributed by atoms with E-state index in [1.54, 1.807) is 0 Å². The van der Waals surface area contributed by atoms with E-state index < -0.39 is 0 Å². The first kappa shape index (κ1) is 12.1. The summed E-state index contributed by atoms with van der Waals surface area (Å²) in [6.45, 7) is 4.97. The zero-order valence-electron chi connectivity index (χ0n) is 8.39. The van der Waals surface area contributed by atoms with Crippen LogP contribution < -0.4 is 4.74 Å². The molecule has 0 aliphatic carbocycles. The summed E-state index contributed by atoms with van der Waals surface area (Å²) in [4.78, 5) is 0.374. The molecule has 1 atom stereocenters. The van der Waals surface area contributed by atoms with Crippen molar-refractivity contribution in [1.82, 2.24) is 0 Å². The molecule has 1 rings (SSSR count). The lowest BCUT2D eigenvalue weighted by molar-refractivity contribution is 0.315. The monoisotopic (exact) mass is 320 g/mol. The van der Waals surface area contributed by atoms with Crippen molar-refractivity contribution in [2.45, 2.75) is 25.1 Å². The fourth-order valence-corrected chi connectivity index (χ4v) is 1.89. The average Bonchev–Trinajstić information content (AvgIpc) is 2.15. The Kier molecular flexibility index (Phi) is 4.96. The second kappa shape index (κ2) is 5.76. The summed E-state index contributed by atoms with van der Waals surface area (Å²) in [5.41, 5.74) is 1.25. The van der Waals surface area contributed by atoms with Gasteiger partial charge in [-0.2, -0.15) is 0 Å². The maximum Gasteiger partial charge on any atom is 0.133 e. The van der Waals surface area contributed by atoms with Crippen LogP contribution in [-0.2, 0) is 0 Å². The molecule has 0 amide bonds. The molecule has 1 aromatic rings. The first-order valence-electron chi connectivity index (χ1n) is 4.71. The molecule has 0 bridgehead atoms. The topological polar surface area (TPSA) is 9.23 Å². The van der Waals surface area contributed by atoms with Crippen LogP contribution in [0.1, 0.15) is 30.7 Å². The first-order chi connectivity index (χ1) is 6.65. The molecule has 1 nitrogen and oxygen atoms in total. The summed E-state index contributed by atoms with van der Waals surface area (Å²) in [7, 11) is 0. The van der Waals surface area contributed by atoms with Gasteiger partial charge in [-0.05, 0) is 47.0 Å². The van der Waals surface area contributed by atoms with E-state index in [4.69, 9.17) is 4.74 Å². The third-order valence-corrected chi connectivity index (χ3v) is 3.03. The van der Waals surface area contributed by atoms with Gasteiger partial charge < -0.3 is 4.74 Å². The molecule has 0 saturated carbocycles. The lowest BCUT2D eigenvalue weighted by Crippen LogP contribution is -1.96. The van der Waals surface area contributed by atoms with Crippen molar-refractivity contribution < 1.29 is 4.74 Å². The summed E-state index contributed by atoms with van der Waals surface area (Å²) in [5.74, 6) is 0.920. The third kappa shape index (κ3) is 3.28. The number of hydrogen-bond donors (Lipinski definition) is 0. The van der Waals surface area contributed by atoms with Gasteiger partial charge in [-0.1, -0.05) is 28.9 Å². The molecule has 1 aromatic carbocycles. The largest absolute Gasteiger partial charge is 0.492 e. The van der Waals surface area contributed by atoms with Gasteiger partial charge in [0.05, 0.1) is 11.1 Å². The molecule has 0 heterocycles. The van der Waals surface area contributed by atoms with Crippen molar-refractivity contribution in [3.8, 4) is 5.75 Å². The van der Waals surface area contributed by atoms with Crippen LogP contribution in [0, 0.1) is 0 Å². The van der Waals surface area contributed by atoms with E-state index in [0.717, 1.165) is 23.2 Å². The van der Waals surface area contributed by atoms with E-state index in [1.807, 2.05) is 6.07 Å². The molecule has 78 valence electrons. The molecule has 14 heavy (non-hydrogen) atoms. The molecular formula is C11H14Br2O. The molecule has 0 spiro atoms. The summed E-state index contributed by atoms with van der Waals surface area (Å²) >= 11 is 7.03. The Morgan fingerprint density at radius 2 is 2.14 bits per heavy atom. The molecule has 3 heteroatoms. The van der Waals surface area contributed by atoms with Crippen molar-refractivity contribution in [2.24, 2.45) is 0 Å². The standard InChI is InChI=1S/C11H14Br2O/c1-3-6-14-11-5-4-9(8(2)12)7-10(11)13/h4-5,7-8H,3,6H2,1-2H3. The lowest BCUT2D eigenvalue weighted by atomic mass is 10.2. The van der Waals surface area contributed by atoms with Gasteiger partial charge >= 0.3 is 0 Å². The molecule has 0 radical (unpaired) electrons. The van der Waals surface area contributed by atoms with Crippen molar-refractivity contribution in [3.05, 3.63) is 28.2 Å². The number of hydrogen-bond acceptors (Lipinski definition) is 1. The molecule has 0 aromatic heterocycles. The van der Waals surface area contributed by atoms with E-state index in [1.165, 1.54) is 5.56 Å². The lowest BCUT2D eigenvalue weighted by Gasteiger charge is -2.09. The Morgan fingerprint density at radius 3 is 2.64 bits per heavy atom. The molecule has 0 fully saturated rings. The predicted molar refractivity (Wildman–Crippen MR) is 67.3 cm³/mol. The van der Waals surface area contributed by atoms with Crippen LogP contribution in [0.3, 0.4) is 0 Å². The number of rotatable bonds is 4. The van der Waals surface area contributed by atoms with Crippen LogP contribution >= 0.6 is 31.9 Å². The van der Waals surface area contributed by atoms with Gasteiger partial charge in [0, 0.05) is 4.83 Å². The summed E-state index contributed by atoms with van der Waals surface area (Å²) in [6, 6.07) is 6.17. The fourth-order valence-electron chi connectivity index (χ4n) is 1.09. The average molecular weight is 322 g/mol. The minimum atomic E-state index is 0.374. The van der Waals surface area contributed by atoms with Gasteiger partial charge in [0.25, 0.3) is 0 Å². The molecule has 0 N–H and O–H groups in total. The number of benzene rings is 1. The van der Waals surface area contributed by atoms with E-state index in [0.29, 0.717) is 4.83 Å². The minimum absolute atomic E-state index is 0.374. The van der Waals surface area contributed by atoms with Crippen molar-refractivity contribution in [3.63, 3.8) is 0 Å². The Hall–Kier alpha value is -0.0200. The van der Waals surface area contributed by atoms with Gasteiger partial charge in [-0.15, -0.1) is 0 Å². The van der Waals surface area contributed by atoms with Crippen molar-refractivity contribution in [1.29, 1.82) is 0 Å². The number of alkyl halides is 1. The minimum Gasteiger partial charge on any atom is -0.492 e. The zero-order chi connectivity index (χ0) is 10.6. The second-order valence-corrected chi connectivity index (χ2v) is 5.38. The molecule has 0 aliphatic rings. The highest BCUT2D eigenvalue weighted by Gasteiger charge is 2.05. The van der Waals surface area contributed by atoms with Crippen LogP contribution in [-0.4, -0.2) is 6.61 Å². The second-order valence-electron chi connectivity index (χ2n) is 3.15.